The molecule has 6 heteroatoms. The smallest absolute Gasteiger partial charge is 0.234 e. The third kappa shape index (κ3) is 5.03. The van der Waals surface area contributed by atoms with Crippen molar-refractivity contribution < 1.29 is 4.79 Å². The zero-order valence-corrected chi connectivity index (χ0v) is 22.6. The van der Waals surface area contributed by atoms with Crippen molar-refractivity contribution >= 4 is 45.0 Å². The van der Waals surface area contributed by atoms with Gasteiger partial charge in [-0.05, 0) is 53.6 Å². The fraction of sp³-hybridized carbons (Fsp3) is 0.0588. The summed E-state index contributed by atoms with van der Waals surface area (Å²) in [5, 5.41) is 16.9. The van der Waals surface area contributed by atoms with Crippen LogP contribution < -0.4 is 5.32 Å². The van der Waals surface area contributed by atoms with Crippen LogP contribution in [0.1, 0.15) is 11.1 Å². The summed E-state index contributed by atoms with van der Waals surface area (Å²) in [4.78, 5) is 22.4. The molecule has 0 spiro atoms. The minimum atomic E-state index is -0.181. The Hall–Kier alpha value is -4.99. The number of hydrogen-bond donors (Lipinski definition) is 1. The fourth-order valence-corrected chi connectivity index (χ4v) is 5.62. The van der Waals surface area contributed by atoms with Crippen LogP contribution in [-0.2, 0) is 4.79 Å². The van der Waals surface area contributed by atoms with Gasteiger partial charge in [-0.3, -0.25) is 9.78 Å². The number of carbonyl (C=O) groups excluding carboxylic acids is 1. The van der Waals surface area contributed by atoms with Crippen LogP contribution in [0.4, 0.5) is 5.69 Å². The van der Waals surface area contributed by atoms with E-state index in [-0.39, 0.29) is 11.7 Å². The van der Waals surface area contributed by atoms with E-state index in [1.54, 1.807) is 6.20 Å². The third-order valence-electron chi connectivity index (χ3n) is 6.79. The van der Waals surface area contributed by atoms with Crippen LogP contribution in [0.25, 0.3) is 44.1 Å². The number of benzene rings is 4. The van der Waals surface area contributed by atoms with Crippen LogP contribution in [0.2, 0.25) is 0 Å². The lowest BCUT2D eigenvalue weighted by Crippen LogP contribution is -2.14. The van der Waals surface area contributed by atoms with E-state index in [2.05, 4.69) is 34.6 Å². The van der Waals surface area contributed by atoms with Gasteiger partial charge in [0.2, 0.25) is 5.91 Å². The Labute approximate surface area is 236 Å². The van der Waals surface area contributed by atoms with Crippen LogP contribution in [-0.4, -0.2) is 21.6 Å². The molecule has 5 nitrogen and oxygen atoms in total. The third-order valence-corrected chi connectivity index (χ3v) is 7.76. The molecule has 0 atom stereocenters. The Bertz CT molecular complexity index is 1920. The summed E-state index contributed by atoms with van der Waals surface area (Å²) < 4.78 is 0. The largest absolute Gasteiger partial charge is 0.325 e. The maximum absolute atomic E-state index is 13.1. The molecule has 1 amide bonds. The Morgan fingerprint density at radius 1 is 0.875 bits per heavy atom. The second-order valence-corrected chi connectivity index (χ2v) is 10.4. The molecule has 0 saturated carbocycles. The van der Waals surface area contributed by atoms with Crippen molar-refractivity contribution in [2.75, 3.05) is 11.1 Å². The number of aromatic nitrogens is 2. The summed E-state index contributed by atoms with van der Waals surface area (Å²) in [6.45, 7) is 2.04. The second-order valence-electron chi connectivity index (χ2n) is 9.45. The highest BCUT2D eigenvalue weighted by Gasteiger charge is 2.18. The molecule has 40 heavy (non-hydrogen) atoms. The molecule has 6 rings (SSSR count). The van der Waals surface area contributed by atoms with Gasteiger partial charge in [0, 0.05) is 22.7 Å². The maximum atomic E-state index is 13.1. The van der Waals surface area contributed by atoms with E-state index in [1.807, 2.05) is 91.9 Å². The van der Waals surface area contributed by atoms with E-state index in [0.717, 1.165) is 49.6 Å². The summed E-state index contributed by atoms with van der Waals surface area (Å²) in [6, 6.07) is 36.2. The average Bonchev–Trinajstić information content (AvgIpc) is 3.00. The Morgan fingerprint density at radius 3 is 2.50 bits per heavy atom. The predicted octanol–water partition coefficient (Wildman–Crippen LogP) is 8.03. The van der Waals surface area contributed by atoms with Crippen LogP contribution >= 0.6 is 11.8 Å². The van der Waals surface area contributed by atoms with Crippen LogP contribution in [0.15, 0.2) is 114 Å². The van der Waals surface area contributed by atoms with Gasteiger partial charge in [0.05, 0.1) is 28.2 Å². The molecular formula is C34H24N4OS. The number of rotatable bonds is 6. The maximum Gasteiger partial charge on any atom is 0.234 e. The first-order chi connectivity index (χ1) is 19.6. The molecule has 0 saturated heterocycles. The number of aryl methyl sites for hydroxylation is 1. The van der Waals surface area contributed by atoms with Gasteiger partial charge < -0.3 is 5.32 Å². The molecule has 4 aromatic carbocycles. The molecule has 192 valence electrons. The molecule has 0 unspecified atom stereocenters. The normalized spacial score (nSPS) is 10.9. The number of pyridine rings is 2. The van der Waals surface area contributed by atoms with Crippen molar-refractivity contribution in [1.82, 2.24) is 9.97 Å². The Morgan fingerprint density at radius 2 is 1.65 bits per heavy atom. The number of hydrogen-bond acceptors (Lipinski definition) is 5. The number of carbonyl (C=O) groups is 1. The van der Waals surface area contributed by atoms with Gasteiger partial charge in [-0.2, -0.15) is 5.26 Å². The molecule has 0 aliphatic carbocycles. The second kappa shape index (κ2) is 11.0. The zero-order chi connectivity index (χ0) is 27.5. The van der Waals surface area contributed by atoms with Crippen molar-refractivity contribution in [3.8, 4) is 28.5 Å². The highest BCUT2D eigenvalue weighted by atomic mass is 32.2. The van der Waals surface area contributed by atoms with Gasteiger partial charge in [-0.1, -0.05) is 90.1 Å². The van der Waals surface area contributed by atoms with Crippen LogP contribution in [0, 0.1) is 18.3 Å². The molecule has 2 aromatic heterocycles. The quantitative estimate of drug-likeness (QED) is 0.218. The lowest BCUT2D eigenvalue weighted by molar-refractivity contribution is -0.113. The minimum absolute atomic E-state index is 0.102. The molecule has 0 aliphatic rings. The SMILES string of the molecule is Cc1ccc(-c2cc(-c3cccc4ccccc34)nc(SCC(=O)Nc3cccc4ncccc34)c2C#N)cc1. The number of fused-ring (bicyclic) bond motifs is 2. The minimum Gasteiger partial charge on any atom is -0.325 e. The molecule has 2 heterocycles. The number of thioether (sulfide) groups is 1. The van der Waals surface area contributed by atoms with Crippen molar-refractivity contribution in [2.24, 2.45) is 0 Å². The van der Waals surface area contributed by atoms with E-state index in [0.29, 0.717) is 16.3 Å². The predicted molar refractivity (Wildman–Crippen MR) is 163 cm³/mol. The van der Waals surface area contributed by atoms with Crippen molar-refractivity contribution in [1.29, 1.82) is 5.26 Å². The topological polar surface area (TPSA) is 78.7 Å². The number of anilines is 1. The van der Waals surface area contributed by atoms with E-state index in [1.165, 1.54) is 11.8 Å². The summed E-state index contributed by atoms with van der Waals surface area (Å²) in [6.07, 6.45) is 1.73. The molecule has 6 aromatic rings. The summed E-state index contributed by atoms with van der Waals surface area (Å²) in [5.41, 5.74) is 6.57. The lowest BCUT2D eigenvalue weighted by Gasteiger charge is -2.14. The zero-order valence-electron chi connectivity index (χ0n) is 21.8. The number of nitrogens with zero attached hydrogens (tertiary/aromatic N) is 3. The lowest BCUT2D eigenvalue weighted by atomic mass is 9.96. The van der Waals surface area contributed by atoms with Gasteiger partial charge in [0.15, 0.2) is 0 Å². The molecule has 1 N–H and O–H groups in total. The molecule has 0 radical (unpaired) electrons. The highest BCUT2D eigenvalue weighted by Crippen LogP contribution is 2.36. The van der Waals surface area contributed by atoms with E-state index in [9.17, 15) is 10.1 Å². The Kier molecular flexibility index (Phi) is 6.96. The summed E-state index contributed by atoms with van der Waals surface area (Å²) in [7, 11) is 0. The monoisotopic (exact) mass is 536 g/mol. The van der Waals surface area contributed by atoms with Crippen molar-refractivity contribution in [3.05, 3.63) is 120 Å². The first-order valence-electron chi connectivity index (χ1n) is 12.9. The van der Waals surface area contributed by atoms with E-state index >= 15 is 0 Å². The molecular weight excluding hydrogens is 512 g/mol. The fourth-order valence-electron chi connectivity index (χ4n) is 4.81. The van der Waals surface area contributed by atoms with E-state index in [4.69, 9.17) is 4.98 Å². The molecule has 0 bridgehead atoms. The first kappa shape index (κ1) is 25.3. The van der Waals surface area contributed by atoms with Gasteiger partial charge in [-0.15, -0.1) is 0 Å². The summed E-state index contributed by atoms with van der Waals surface area (Å²) >= 11 is 1.27. The van der Waals surface area contributed by atoms with Gasteiger partial charge in [0.25, 0.3) is 0 Å². The Balaban J connectivity index is 1.39. The van der Waals surface area contributed by atoms with Crippen LogP contribution in [0.3, 0.4) is 0 Å². The molecule has 0 aliphatic heterocycles. The number of amides is 1. The summed E-state index contributed by atoms with van der Waals surface area (Å²) in [5.74, 6) is -0.0792. The van der Waals surface area contributed by atoms with Crippen molar-refractivity contribution in [3.63, 3.8) is 0 Å². The highest BCUT2D eigenvalue weighted by molar-refractivity contribution is 8.00. The molecule has 0 fully saturated rings. The average molecular weight is 537 g/mol. The number of nitriles is 1. The standard InChI is InChI=1S/C34H24N4OS/c1-22-14-16-24(17-15-22)28-19-32(26-10-4-8-23-7-2-3-9-25(23)26)38-34(29(28)20-35)40-21-33(39)37-31-13-5-12-30-27(31)11-6-18-36-30/h2-19H,21H2,1H3,(H,37,39). The van der Waals surface area contributed by atoms with E-state index < -0.39 is 0 Å². The number of nitrogens with one attached hydrogen (secondary N) is 1. The van der Waals surface area contributed by atoms with Gasteiger partial charge in [0.1, 0.15) is 11.1 Å². The van der Waals surface area contributed by atoms with Gasteiger partial charge in [-0.25, -0.2) is 4.98 Å². The van der Waals surface area contributed by atoms with Crippen molar-refractivity contribution in [2.45, 2.75) is 11.9 Å². The first-order valence-corrected chi connectivity index (χ1v) is 13.9. The van der Waals surface area contributed by atoms with Gasteiger partial charge >= 0.3 is 0 Å². The van der Waals surface area contributed by atoms with Crippen LogP contribution in [0.5, 0.6) is 0 Å².